The molecule has 2 nitrogen and oxygen atoms in total. The van der Waals surface area contributed by atoms with E-state index in [0.29, 0.717) is 12.1 Å². The molecule has 2 atom stereocenters. The number of nitrogens with zero attached hydrogens (tertiary/aromatic N) is 1. The van der Waals surface area contributed by atoms with E-state index in [1.807, 2.05) is 12.1 Å². The lowest BCUT2D eigenvalue weighted by Gasteiger charge is -2.37. The van der Waals surface area contributed by atoms with E-state index in [-0.39, 0.29) is 0 Å². The molecular formula is C13H19ClN2. The molecule has 1 heterocycles. The second-order valence-electron chi connectivity index (χ2n) is 4.71. The van der Waals surface area contributed by atoms with Crippen LogP contribution in [0.3, 0.4) is 0 Å². The molecule has 0 saturated carbocycles. The zero-order chi connectivity index (χ0) is 11.5. The topological polar surface area (TPSA) is 15.3 Å². The van der Waals surface area contributed by atoms with Gasteiger partial charge in [0.05, 0.1) is 0 Å². The minimum atomic E-state index is 0.587. The first kappa shape index (κ1) is 11.9. The summed E-state index contributed by atoms with van der Waals surface area (Å²) in [5.41, 5.74) is 1.34. The molecule has 1 aromatic carbocycles. The van der Waals surface area contributed by atoms with Crippen molar-refractivity contribution in [2.24, 2.45) is 0 Å². The van der Waals surface area contributed by atoms with Gasteiger partial charge in [-0.2, -0.15) is 0 Å². The van der Waals surface area contributed by atoms with Crippen molar-refractivity contribution in [3.63, 3.8) is 0 Å². The summed E-state index contributed by atoms with van der Waals surface area (Å²) in [5.74, 6) is 0. The molecule has 0 radical (unpaired) electrons. The van der Waals surface area contributed by atoms with Crippen molar-refractivity contribution in [2.45, 2.75) is 32.5 Å². The molecule has 1 aliphatic heterocycles. The van der Waals surface area contributed by atoms with Crippen molar-refractivity contribution < 1.29 is 0 Å². The van der Waals surface area contributed by atoms with Crippen molar-refractivity contribution in [1.29, 1.82) is 0 Å². The largest absolute Gasteiger partial charge is 0.311 e. The number of benzene rings is 1. The van der Waals surface area contributed by atoms with Gasteiger partial charge in [-0.25, -0.2) is 0 Å². The molecule has 0 bridgehead atoms. The number of hydrogen-bond donors (Lipinski definition) is 1. The molecule has 0 aromatic heterocycles. The fourth-order valence-corrected chi connectivity index (χ4v) is 2.27. The predicted molar refractivity (Wildman–Crippen MR) is 68.8 cm³/mol. The molecule has 0 aliphatic carbocycles. The van der Waals surface area contributed by atoms with Gasteiger partial charge in [-0.3, -0.25) is 4.90 Å². The molecule has 0 unspecified atom stereocenters. The first-order valence-corrected chi connectivity index (χ1v) is 6.25. The molecule has 1 saturated heterocycles. The highest BCUT2D eigenvalue weighted by atomic mass is 35.5. The van der Waals surface area contributed by atoms with E-state index >= 15 is 0 Å². The molecule has 16 heavy (non-hydrogen) atoms. The zero-order valence-electron chi connectivity index (χ0n) is 9.91. The summed E-state index contributed by atoms with van der Waals surface area (Å²) in [6.45, 7) is 7.72. The third-order valence-electron chi connectivity index (χ3n) is 3.19. The Morgan fingerprint density at radius 1 is 1.31 bits per heavy atom. The predicted octanol–water partition coefficient (Wildman–Crippen LogP) is 2.52. The fourth-order valence-electron chi connectivity index (χ4n) is 2.14. The van der Waals surface area contributed by atoms with E-state index in [2.05, 4.69) is 36.2 Å². The quantitative estimate of drug-likeness (QED) is 0.852. The van der Waals surface area contributed by atoms with Crippen LogP contribution >= 0.6 is 11.6 Å². The van der Waals surface area contributed by atoms with Crippen molar-refractivity contribution in [1.82, 2.24) is 10.2 Å². The summed E-state index contributed by atoms with van der Waals surface area (Å²) >= 11 is 5.88. The molecule has 1 N–H and O–H groups in total. The van der Waals surface area contributed by atoms with E-state index in [9.17, 15) is 0 Å². The second kappa shape index (κ2) is 5.17. The number of hydrogen-bond acceptors (Lipinski definition) is 2. The summed E-state index contributed by atoms with van der Waals surface area (Å²) < 4.78 is 0. The highest BCUT2D eigenvalue weighted by Crippen LogP contribution is 2.14. The number of rotatable bonds is 2. The minimum absolute atomic E-state index is 0.587. The van der Waals surface area contributed by atoms with Gasteiger partial charge in [0.1, 0.15) is 0 Å². The van der Waals surface area contributed by atoms with Crippen LogP contribution in [0.15, 0.2) is 24.3 Å². The van der Waals surface area contributed by atoms with E-state index in [1.54, 1.807) is 0 Å². The molecule has 0 spiro atoms. The van der Waals surface area contributed by atoms with E-state index in [0.717, 1.165) is 24.7 Å². The van der Waals surface area contributed by atoms with Gasteiger partial charge in [0.15, 0.2) is 0 Å². The summed E-state index contributed by atoms with van der Waals surface area (Å²) in [6.07, 6.45) is 0. The van der Waals surface area contributed by atoms with Gasteiger partial charge >= 0.3 is 0 Å². The zero-order valence-corrected chi connectivity index (χ0v) is 10.7. The number of piperazine rings is 1. The van der Waals surface area contributed by atoms with Gasteiger partial charge in [0, 0.05) is 36.7 Å². The Balaban J connectivity index is 2.00. The van der Waals surface area contributed by atoms with Crippen molar-refractivity contribution in [3.8, 4) is 0 Å². The van der Waals surface area contributed by atoms with Gasteiger partial charge in [0.2, 0.25) is 0 Å². The summed E-state index contributed by atoms with van der Waals surface area (Å²) in [6, 6.07) is 9.35. The lowest BCUT2D eigenvalue weighted by atomic mass is 10.1. The Hall–Kier alpha value is -0.570. The third kappa shape index (κ3) is 2.97. The first-order valence-electron chi connectivity index (χ1n) is 5.87. The maximum Gasteiger partial charge on any atom is 0.0406 e. The SMILES string of the molecule is C[C@@H]1CN[C@@H](C)CN1Cc1ccc(Cl)cc1. The Kier molecular flexibility index (Phi) is 3.85. The van der Waals surface area contributed by atoms with Crippen molar-refractivity contribution >= 4 is 11.6 Å². The fraction of sp³-hybridized carbons (Fsp3) is 0.538. The average molecular weight is 239 g/mol. The van der Waals surface area contributed by atoms with Crippen LogP contribution in [-0.4, -0.2) is 30.1 Å². The maximum atomic E-state index is 5.88. The van der Waals surface area contributed by atoms with Crippen LogP contribution in [0, 0.1) is 0 Å². The normalized spacial score (nSPS) is 26.9. The highest BCUT2D eigenvalue weighted by molar-refractivity contribution is 6.30. The lowest BCUT2D eigenvalue weighted by molar-refractivity contribution is 0.139. The summed E-state index contributed by atoms with van der Waals surface area (Å²) in [5, 5.41) is 4.30. The average Bonchev–Trinajstić information content (AvgIpc) is 2.27. The van der Waals surface area contributed by atoms with E-state index < -0.39 is 0 Å². The van der Waals surface area contributed by atoms with Gasteiger partial charge in [-0.15, -0.1) is 0 Å². The van der Waals surface area contributed by atoms with Crippen LogP contribution < -0.4 is 5.32 Å². The number of nitrogens with one attached hydrogen (secondary N) is 1. The van der Waals surface area contributed by atoms with Crippen LogP contribution in [0.25, 0.3) is 0 Å². The molecule has 3 heteroatoms. The minimum Gasteiger partial charge on any atom is -0.311 e. The van der Waals surface area contributed by atoms with Gasteiger partial charge in [-0.05, 0) is 31.5 Å². The van der Waals surface area contributed by atoms with Crippen LogP contribution in [0.2, 0.25) is 5.02 Å². The Labute approximate surface area is 103 Å². The van der Waals surface area contributed by atoms with Crippen molar-refractivity contribution in [2.75, 3.05) is 13.1 Å². The second-order valence-corrected chi connectivity index (χ2v) is 5.15. The summed E-state index contributed by atoms with van der Waals surface area (Å²) in [7, 11) is 0. The van der Waals surface area contributed by atoms with Crippen LogP contribution in [0.5, 0.6) is 0 Å². The first-order chi connectivity index (χ1) is 7.65. The van der Waals surface area contributed by atoms with Crippen LogP contribution in [0.4, 0.5) is 0 Å². The van der Waals surface area contributed by atoms with E-state index in [4.69, 9.17) is 11.6 Å². The molecule has 1 aliphatic rings. The molecular weight excluding hydrogens is 220 g/mol. The molecule has 1 aromatic rings. The van der Waals surface area contributed by atoms with Gasteiger partial charge in [-0.1, -0.05) is 23.7 Å². The Bertz CT molecular complexity index is 336. The smallest absolute Gasteiger partial charge is 0.0406 e. The van der Waals surface area contributed by atoms with Gasteiger partial charge in [0.25, 0.3) is 0 Å². The lowest BCUT2D eigenvalue weighted by Crippen LogP contribution is -2.53. The Morgan fingerprint density at radius 2 is 2.00 bits per heavy atom. The summed E-state index contributed by atoms with van der Waals surface area (Å²) in [4.78, 5) is 2.52. The van der Waals surface area contributed by atoms with Crippen LogP contribution in [-0.2, 0) is 6.54 Å². The monoisotopic (exact) mass is 238 g/mol. The van der Waals surface area contributed by atoms with Crippen molar-refractivity contribution in [3.05, 3.63) is 34.9 Å². The maximum absolute atomic E-state index is 5.88. The van der Waals surface area contributed by atoms with Gasteiger partial charge < -0.3 is 5.32 Å². The highest BCUT2D eigenvalue weighted by Gasteiger charge is 2.21. The van der Waals surface area contributed by atoms with E-state index in [1.165, 1.54) is 5.56 Å². The standard InChI is InChI=1S/C13H19ClN2/c1-10-8-16(11(2)7-15-10)9-12-3-5-13(14)6-4-12/h3-6,10-11,15H,7-9H2,1-2H3/t10-,11+/m0/s1. The number of halogens is 1. The van der Waals surface area contributed by atoms with Crippen LogP contribution in [0.1, 0.15) is 19.4 Å². The molecule has 88 valence electrons. The third-order valence-corrected chi connectivity index (χ3v) is 3.44. The Morgan fingerprint density at radius 3 is 2.69 bits per heavy atom. The molecule has 1 fully saturated rings. The molecule has 2 rings (SSSR count). The molecule has 0 amide bonds.